The van der Waals surface area contributed by atoms with Gasteiger partial charge in [0.25, 0.3) is 0 Å². The highest BCUT2D eigenvalue weighted by atomic mass is 32.1. The quantitative estimate of drug-likeness (QED) is 0.871. The number of amides is 2. The molecule has 0 aliphatic carbocycles. The Bertz CT molecular complexity index is 472. The fourth-order valence-corrected chi connectivity index (χ4v) is 3.03. The molecule has 0 spiro atoms. The Morgan fingerprint density at radius 3 is 3.00 bits per heavy atom. The summed E-state index contributed by atoms with van der Waals surface area (Å²) in [6.07, 6.45) is 0. The number of nitrogens with zero attached hydrogens (tertiary/aromatic N) is 2. The number of carbonyl (C=O) groups excluding carboxylic acids is 2. The van der Waals surface area contributed by atoms with Crippen LogP contribution in [-0.4, -0.2) is 54.8 Å². The van der Waals surface area contributed by atoms with Crippen molar-refractivity contribution >= 4 is 23.2 Å². The van der Waals surface area contributed by atoms with E-state index in [1.54, 1.807) is 16.2 Å². The molecule has 19 heavy (non-hydrogen) atoms. The molecule has 104 valence electrons. The number of piperazine rings is 1. The van der Waals surface area contributed by atoms with Crippen LogP contribution in [-0.2, 0) is 16.1 Å². The predicted molar refractivity (Wildman–Crippen MR) is 75.0 cm³/mol. The van der Waals surface area contributed by atoms with Gasteiger partial charge in [0.05, 0.1) is 13.1 Å². The normalized spacial score (nSPS) is 15.7. The number of nitrogens with one attached hydrogen (secondary N) is 1. The highest BCUT2D eigenvalue weighted by molar-refractivity contribution is 7.10. The molecule has 0 unspecified atom stereocenters. The van der Waals surface area contributed by atoms with Crippen LogP contribution in [0.25, 0.3) is 0 Å². The largest absolute Gasteiger partial charge is 0.353 e. The van der Waals surface area contributed by atoms with E-state index in [0.29, 0.717) is 19.6 Å². The number of thiophene rings is 1. The van der Waals surface area contributed by atoms with E-state index < -0.39 is 0 Å². The number of hydrogen-bond acceptors (Lipinski definition) is 4. The lowest BCUT2D eigenvalue weighted by Crippen LogP contribution is -2.52. The number of rotatable bonds is 4. The Hall–Kier alpha value is -1.40. The molecule has 1 saturated heterocycles. The summed E-state index contributed by atoms with van der Waals surface area (Å²) in [5.74, 6) is -0.0529. The average molecular weight is 281 g/mol. The van der Waals surface area contributed by atoms with Crippen molar-refractivity contribution in [3.05, 3.63) is 21.9 Å². The van der Waals surface area contributed by atoms with Gasteiger partial charge < -0.3 is 10.2 Å². The molecule has 0 aromatic carbocycles. The van der Waals surface area contributed by atoms with E-state index in [1.165, 1.54) is 10.4 Å². The third kappa shape index (κ3) is 3.78. The first-order valence-electron chi connectivity index (χ1n) is 6.32. The van der Waals surface area contributed by atoms with Gasteiger partial charge in [-0.15, -0.1) is 11.3 Å². The van der Waals surface area contributed by atoms with Crippen LogP contribution in [0, 0.1) is 6.92 Å². The van der Waals surface area contributed by atoms with E-state index in [4.69, 9.17) is 0 Å². The first kappa shape index (κ1) is 14.0. The molecule has 1 fully saturated rings. The van der Waals surface area contributed by atoms with Gasteiger partial charge >= 0.3 is 0 Å². The third-order valence-corrected chi connectivity index (χ3v) is 4.19. The smallest absolute Gasteiger partial charge is 0.239 e. The highest BCUT2D eigenvalue weighted by Crippen LogP contribution is 2.17. The summed E-state index contributed by atoms with van der Waals surface area (Å²) >= 11 is 1.71. The maximum atomic E-state index is 12.1. The van der Waals surface area contributed by atoms with Crippen molar-refractivity contribution in [2.45, 2.75) is 13.5 Å². The molecule has 0 bridgehead atoms. The SMILES string of the molecule is Cc1ccsc1CN(C)CC(=O)N1CCNC(=O)C1. The van der Waals surface area contributed by atoms with Gasteiger partial charge in [0.1, 0.15) is 0 Å². The number of hydrogen-bond donors (Lipinski definition) is 1. The van der Waals surface area contributed by atoms with Crippen molar-refractivity contribution in [3.63, 3.8) is 0 Å². The molecule has 1 aromatic heterocycles. The molecule has 2 heterocycles. The molecule has 6 heteroatoms. The van der Waals surface area contributed by atoms with Gasteiger partial charge in [0, 0.05) is 24.5 Å². The molecular weight excluding hydrogens is 262 g/mol. The molecule has 0 atom stereocenters. The number of likely N-dealkylation sites (N-methyl/N-ethyl adjacent to an activating group) is 1. The molecule has 2 amide bonds. The van der Waals surface area contributed by atoms with Crippen molar-refractivity contribution in [1.29, 1.82) is 0 Å². The Labute approximate surface area is 117 Å². The van der Waals surface area contributed by atoms with Crippen LogP contribution in [0.4, 0.5) is 0 Å². The summed E-state index contributed by atoms with van der Waals surface area (Å²) in [7, 11) is 1.93. The second-order valence-electron chi connectivity index (χ2n) is 4.86. The van der Waals surface area contributed by atoms with Gasteiger partial charge in [0.2, 0.25) is 11.8 Å². The molecule has 1 aromatic rings. The van der Waals surface area contributed by atoms with Gasteiger partial charge in [-0.3, -0.25) is 14.5 Å². The van der Waals surface area contributed by atoms with E-state index in [0.717, 1.165) is 6.54 Å². The molecular formula is C13H19N3O2S. The Kier molecular flexibility index (Phi) is 4.55. The summed E-state index contributed by atoms with van der Waals surface area (Å²) in [5.41, 5.74) is 1.27. The molecule has 1 N–H and O–H groups in total. The number of aryl methyl sites for hydroxylation is 1. The highest BCUT2D eigenvalue weighted by Gasteiger charge is 2.22. The van der Waals surface area contributed by atoms with Gasteiger partial charge in [-0.2, -0.15) is 0 Å². The minimum absolute atomic E-state index is 0.0200. The third-order valence-electron chi connectivity index (χ3n) is 3.18. The van der Waals surface area contributed by atoms with Crippen molar-refractivity contribution < 1.29 is 9.59 Å². The molecule has 2 rings (SSSR count). The second-order valence-corrected chi connectivity index (χ2v) is 5.86. The first-order chi connectivity index (χ1) is 9.06. The lowest BCUT2D eigenvalue weighted by atomic mass is 10.3. The van der Waals surface area contributed by atoms with E-state index >= 15 is 0 Å². The Morgan fingerprint density at radius 2 is 2.37 bits per heavy atom. The summed E-state index contributed by atoms with van der Waals surface area (Å²) in [4.78, 5) is 28.2. The fraction of sp³-hybridized carbons (Fsp3) is 0.538. The zero-order valence-electron chi connectivity index (χ0n) is 11.3. The summed E-state index contributed by atoms with van der Waals surface area (Å²) in [6.45, 7) is 4.55. The van der Waals surface area contributed by atoms with E-state index in [1.807, 2.05) is 11.9 Å². The summed E-state index contributed by atoms with van der Waals surface area (Å²) in [6, 6.07) is 2.09. The average Bonchev–Trinajstić information content (AvgIpc) is 2.75. The topological polar surface area (TPSA) is 52.7 Å². The minimum atomic E-state index is -0.0728. The van der Waals surface area contributed by atoms with Crippen LogP contribution < -0.4 is 5.32 Å². The van der Waals surface area contributed by atoms with Gasteiger partial charge in [-0.1, -0.05) is 0 Å². The van der Waals surface area contributed by atoms with Crippen molar-refractivity contribution in [3.8, 4) is 0 Å². The molecule has 0 radical (unpaired) electrons. The van der Waals surface area contributed by atoms with Crippen LogP contribution in [0.5, 0.6) is 0 Å². The lowest BCUT2D eigenvalue weighted by molar-refractivity contribution is -0.138. The fourth-order valence-electron chi connectivity index (χ4n) is 2.05. The zero-order valence-corrected chi connectivity index (χ0v) is 12.1. The zero-order chi connectivity index (χ0) is 13.8. The van der Waals surface area contributed by atoms with Gasteiger partial charge in [0.15, 0.2) is 0 Å². The molecule has 1 aliphatic heterocycles. The van der Waals surface area contributed by atoms with Crippen LogP contribution in [0.1, 0.15) is 10.4 Å². The summed E-state index contributed by atoms with van der Waals surface area (Å²) < 4.78 is 0. The van der Waals surface area contributed by atoms with E-state index in [9.17, 15) is 9.59 Å². The second kappa shape index (κ2) is 6.16. The number of carbonyl (C=O) groups is 2. The standard InChI is InChI=1S/C13H19N3O2S/c1-10-3-6-19-11(10)7-15(2)9-13(18)16-5-4-14-12(17)8-16/h3,6H,4-5,7-9H2,1-2H3,(H,14,17). The molecule has 0 saturated carbocycles. The predicted octanol–water partition coefficient (Wildman–Crippen LogP) is 0.447. The van der Waals surface area contributed by atoms with Gasteiger partial charge in [-0.05, 0) is 31.0 Å². The van der Waals surface area contributed by atoms with Crippen molar-refractivity contribution in [2.75, 3.05) is 33.2 Å². The summed E-state index contributed by atoms with van der Waals surface area (Å²) in [5, 5.41) is 4.78. The minimum Gasteiger partial charge on any atom is -0.353 e. The van der Waals surface area contributed by atoms with Crippen LogP contribution in [0.15, 0.2) is 11.4 Å². The Morgan fingerprint density at radius 1 is 1.58 bits per heavy atom. The van der Waals surface area contributed by atoms with Crippen LogP contribution >= 0.6 is 11.3 Å². The first-order valence-corrected chi connectivity index (χ1v) is 7.20. The van der Waals surface area contributed by atoms with Crippen LogP contribution in [0.3, 0.4) is 0 Å². The molecule has 5 nitrogen and oxygen atoms in total. The van der Waals surface area contributed by atoms with Crippen LogP contribution in [0.2, 0.25) is 0 Å². The van der Waals surface area contributed by atoms with E-state index in [2.05, 4.69) is 23.7 Å². The molecule has 1 aliphatic rings. The van der Waals surface area contributed by atoms with E-state index in [-0.39, 0.29) is 18.4 Å². The monoisotopic (exact) mass is 281 g/mol. The van der Waals surface area contributed by atoms with Crippen molar-refractivity contribution in [2.24, 2.45) is 0 Å². The maximum Gasteiger partial charge on any atom is 0.239 e. The maximum absolute atomic E-state index is 12.1. The Balaban J connectivity index is 1.84. The van der Waals surface area contributed by atoms with Crippen molar-refractivity contribution in [1.82, 2.24) is 15.1 Å². The van der Waals surface area contributed by atoms with Gasteiger partial charge in [-0.25, -0.2) is 0 Å². The lowest BCUT2D eigenvalue weighted by Gasteiger charge is -2.28.